The Hall–Kier alpha value is -2.66. The lowest BCUT2D eigenvalue weighted by molar-refractivity contribution is -0.137. The number of halogens is 1. The molecule has 0 spiro atoms. The maximum absolute atomic E-state index is 13.2. The molecule has 5 nitrogen and oxygen atoms in total. The highest BCUT2D eigenvalue weighted by molar-refractivity contribution is 6.31. The second kappa shape index (κ2) is 11.5. The van der Waals surface area contributed by atoms with Gasteiger partial charge in [0.1, 0.15) is 0 Å². The van der Waals surface area contributed by atoms with E-state index < -0.39 is 5.97 Å². The van der Waals surface area contributed by atoms with Crippen molar-refractivity contribution in [3.05, 3.63) is 64.7 Å². The van der Waals surface area contributed by atoms with Crippen LogP contribution in [-0.4, -0.2) is 29.2 Å². The number of benzene rings is 2. The van der Waals surface area contributed by atoms with Gasteiger partial charge < -0.3 is 10.0 Å². The third kappa shape index (κ3) is 6.42. The lowest BCUT2D eigenvalue weighted by atomic mass is 9.97. The van der Waals surface area contributed by atoms with Crippen molar-refractivity contribution in [2.75, 3.05) is 11.4 Å². The molecule has 0 aliphatic heterocycles. The summed E-state index contributed by atoms with van der Waals surface area (Å²) in [6.07, 6.45) is 2.51. The highest BCUT2D eigenvalue weighted by atomic mass is 35.5. The Labute approximate surface area is 183 Å². The molecule has 1 amide bonds. The van der Waals surface area contributed by atoms with E-state index in [0.29, 0.717) is 29.1 Å². The van der Waals surface area contributed by atoms with E-state index in [1.807, 2.05) is 30.3 Å². The van der Waals surface area contributed by atoms with Crippen LogP contribution in [0.1, 0.15) is 57.1 Å². The molecule has 0 aliphatic carbocycles. The smallest absolute Gasteiger partial charge is 0.303 e. The van der Waals surface area contributed by atoms with E-state index in [4.69, 9.17) is 22.1 Å². The molecule has 2 aromatic carbocycles. The summed E-state index contributed by atoms with van der Waals surface area (Å²) in [6, 6.07) is 14.4. The van der Waals surface area contributed by atoms with Gasteiger partial charge in [-0.15, -0.1) is 0 Å². The molecular weight excluding hydrogens is 400 g/mol. The Morgan fingerprint density at radius 3 is 2.37 bits per heavy atom. The van der Waals surface area contributed by atoms with Gasteiger partial charge in [-0.3, -0.25) is 15.0 Å². The molecule has 0 atom stereocenters. The monoisotopic (exact) mass is 428 g/mol. The van der Waals surface area contributed by atoms with Gasteiger partial charge in [0.15, 0.2) is 0 Å². The van der Waals surface area contributed by atoms with E-state index in [1.54, 1.807) is 23.1 Å². The number of carboxylic acids is 1. The molecule has 0 saturated heterocycles. The van der Waals surface area contributed by atoms with Crippen LogP contribution in [0.15, 0.2) is 48.5 Å². The SMILES string of the molecule is CCC(CC)CC(=O)N(CCCC(=O)O)c1ccc(Cl)cc1C(=N)c1ccccc1. The van der Waals surface area contributed by atoms with E-state index >= 15 is 0 Å². The predicted molar refractivity (Wildman–Crippen MR) is 122 cm³/mol. The Kier molecular flexibility index (Phi) is 9.06. The van der Waals surface area contributed by atoms with Crippen LogP contribution in [0.4, 0.5) is 5.69 Å². The zero-order valence-electron chi connectivity index (χ0n) is 17.5. The second-order valence-electron chi connectivity index (χ2n) is 7.33. The number of amides is 1. The van der Waals surface area contributed by atoms with Crippen LogP contribution in [0.2, 0.25) is 5.02 Å². The molecule has 2 rings (SSSR count). The topological polar surface area (TPSA) is 81.5 Å². The fraction of sp³-hybridized carbons (Fsp3) is 0.375. The zero-order valence-corrected chi connectivity index (χ0v) is 18.3. The van der Waals surface area contributed by atoms with Gasteiger partial charge in [0.05, 0.1) is 11.4 Å². The first-order valence-corrected chi connectivity index (χ1v) is 10.7. The molecule has 0 unspecified atom stereocenters. The van der Waals surface area contributed by atoms with E-state index in [9.17, 15) is 9.59 Å². The second-order valence-corrected chi connectivity index (χ2v) is 7.77. The maximum atomic E-state index is 13.2. The van der Waals surface area contributed by atoms with Gasteiger partial charge in [0, 0.05) is 35.5 Å². The van der Waals surface area contributed by atoms with Crippen molar-refractivity contribution < 1.29 is 14.7 Å². The van der Waals surface area contributed by atoms with E-state index in [-0.39, 0.29) is 30.5 Å². The van der Waals surface area contributed by atoms with Crippen molar-refractivity contribution in [1.29, 1.82) is 5.41 Å². The molecule has 0 heterocycles. The summed E-state index contributed by atoms with van der Waals surface area (Å²) in [4.78, 5) is 25.9. The van der Waals surface area contributed by atoms with Crippen molar-refractivity contribution in [3.63, 3.8) is 0 Å². The normalized spacial score (nSPS) is 10.8. The first-order valence-electron chi connectivity index (χ1n) is 10.3. The average molecular weight is 429 g/mol. The third-order valence-electron chi connectivity index (χ3n) is 5.27. The summed E-state index contributed by atoms with van der Waals surface area (Å²) in [7, 11) is 0. The minimum absolute atomic E-state index is 0.0200. The summed E-state index contributed by atoms with van der Waals surface area (Å²) in [6.45, 7) is 4.41. The standard InChI is InChI=1S/C24H29ClN2O3/c1-3-17(4-2)15-22(28)27(14-8-11-23(29)30)21-13-12-19(25)16-20(21)24(26)18-9-6-5-7-10-18/h5-7,9-10,12-13,16-17,26H,3-4,8,11,14-15H2,1-2H3,(H,29,30). The Morgan fingerprint density at radius 1 is 1.10 bits per heavy atom. The molecule has 6 heteroatoms. The minimum atomic E-state index is -0.893. The van der Waals surface area contributed by atoms with Gasteiger partial charge in [-0.05, 0) is 30.5 Å². The number of carboxylic acid groups (broad SMARTS) is 1. The number of hydrogen-bond acceptors (Lipinski definition) is 3. The predicted octanol–water partition coefficient (Wildman–Crippen LogP) is 5.78. The summed E-state index contributed by atoms with van der Waals surface area (Å²) < 4.78 is 0. The molecule has 2 aromatic rings. The number of hydrogen-bond donors (Lipinski definition) is 2. The van der Waals surface area contributed by atoms with Gasteiger partial charge in [0.2, 0.25) is 5.91 Å². The molecular formula is C24H29ClN2O3. The van der Waals surface area contributed by atoms with Gasteiger partial charge in [0.25, 0.3) is 0 Å². The lowest BCUT2D eigenvalue weighted by Gasteiger charge is -2.27. The lowest BCUT2D eigenvalue weighted by Crippen LogP contribution is -2.34. The molecule has 0 saturated carbocycles. The van der Waals surface area contributed by atoms with Crippen LogP contribution in [0.3, 0.4) is 0 Å². The molecule has 160 valence electrons. The van der Waals surface area contributed by atoms with Crippen LogP contribution >= 0.6 is 11.6 Å². The quantitative estimate of drug-likeness (QED) is 0.445. The first-order chi connectivity index (χ1) is 14.4. The fourth-order valence-corrected chi connectivity index (χ4v) is 3.58. The van der Waals surface area contributed by atoms with Crippen LogP contribution in [-0.2, 0) is 9.59 Å². The maximum Gasteiger partial charge on any atom is 0.303 e. The van der Waals surface area contributed by atoms with Crippen LogP contribution in [0.5, 0.6) is 0 Å². The number of anilines is 1. The van der Waals surface area contributed by atoms with Gasteiger partial charge in [-0.25, -0.2) is 0 Å². The summed E-state index contributed by atoms with van der Waals surface area (Å²) in [5.41, 5.74) is 2.14. The third-order valence-corrected chi connectivity index (χ3v) is 5.51. The van der Waals surface area contributed by atoms with Gasteiger partial charge in [-0.1, -0.05) is 68.6 Å². The molecule has 0 bridgehead atoms. The molecule has 0 aromatic heterocycles. The molecule has 0 aliphatic rings. The molecule has 2 N–H and O–H groups in total. The van der Waals surface area contributed by atoms with Crippen molar-refractivity contribution in [2.24, 2.45) is 5.92 Å². The number of nitrogens with one attached hydrogen (secondary N) is 1. The fourth-order valence-electron chi connectivity index (χ4n) is 3.41. The Morgan fingerprint density at radius 2 is 1.77 bits per heavy atom. The van der Waals surface area contributed by atoms with Crippen molar-refractivity contribution in [2.45, 2.75) is 46.0 Å². The van der Waals surface area contributed by atoms with Crippen molar-refractivity contribution in [1.82, 2.24) is 0 Å². The summed E-state index contributed by atoms with van der Waals surface area (Å²) >= 11 is 6.23. The number of rotatable bonds is 11. The van der Waals surface area contributed by atoms with E-state index in [1.165, 1.54) is 0 Å². The number of nitrogens with zero attached hydrogens (tertiary/aromatic N) is 1. The van der Waals surface area contributed by atoms with Crippen LogP contribution in [0, 0.1) is 11.3 Å². The molecule has 0 radical (unpaired) electrons. The summed E-state index contributed by atoms with van der Waals surface area (Å²) in [5.74, 6) is -0.682. The van der Waals surface area contributed by atoms with Crippen molar-refractivity contribution >= 4 is 34.9 Å². The minimum Gasteiger partial charge on any atom is -0.481 e. The Bertz CT molecular complexity index is 879. The zero-order chi connectivity index (χ0) is 22.1. The van der Waals surface area contributed by atoms with E-state index in [0.717, 1.165) is 18.4 Å². The van der Waals surface area contributed by atoms with Gasteiger partial charge >= 0.3 is 5.97 Å². The van der Waals surface area contributed by atoms with Gasteiger partial charge in [-0.2, -0.15) is 0 Å². The summed E-state index contributed by atoms with van der Waals surface area (Å²) in [5, 5.41) is 18.2. The number of carbonyl (C=O) groups is 2. The Balaban J connectivity index is 2.44. The molecule has 0 fully saturated rings. The first kappa shape index (κ1) is 23.6. The molecule has 30 heavy (non-hydrogen) atoms. The number of carbonyl (C=O) groups excluding carboxylic acids is 1. The number of aliphatic carboxylic acids is 1. The van der Waals surface area contributed by atoms with Crippen LogP contribution in [0.25, 0.3) is 0 Å². The van der Waals surface area contributed by atoms with E-state index in [2.05, 4.69) is 13.8 Å². The van der Waals surface area contributed by atoms with Crippen molar-refractivity contribution in [3.8, 4) is 0 Å². The van der Waals surface area contributed by atoms with Crippen LogP contribution < -0.4 is 4.90 Å². The highest BCUT2D eigenvalue weighted by Gasteiger charge is 2.23. The highest BCUT2D eigenvalue weighted by Crippen LogP contribution is 2.29. The largest absolute Gasteiger partial charge is 0.481 e. The average Bonchev–Trinajstić information content (AvgIpc) is 2.75.